The Balaban J connectivity index is 2.04. The number of aromatic nitrogens is 5. The Morgan fingerprint density at radius 2 is 2.40 bits per heavy atom. The first-order valence-corrected chi connectivity index (χ1v) is 4.57. The molecule has 2 heterocycles. The van der Waals surface area contributed by atoms with Crippen LogP contribution in [0.1, 0.15) is 17.4 Å². The molecule has 2 aromatic rings. The Morgan fingerprint density at radius 3 is 3.07 bits per heavy atom. The molecule has 0 atom stereocenters. The topological polar surface area (TPSA) is 89.9 Å². The molecule has 7 nitrogen and oxygen atoms in total. The van der Waals surface area contributed by atoms with Gasteiger partial charge in [0.25, 0.3) is 0 Å². The van der Waals surface area contributed by atoms with Gasteiger partial charge in [0.1, 0.15) is 6.54 Å². The molecule has 0 unspecified atom stereocenters. The molecule has 0 aliphatic carbocycles. The first-order valence-electron chi connectivity index (χ1n) is 4.57. The third kappa shape index (κ3) is 2.38. The van der Waals surface area contributed by atoms with Gasteiger partial charge in [-0.15, -0.1) is 5.10 Å². The number of aliphatic hydroxyl groups excluding tert-OH is 1. The van der Waals surface area contributed by atoms with Crippen molar-refractivity contribution in [1.29, 1.82) is 0 Å². The average molecular weight is 209 g/mol. The van der Waals surface area contributed by atoms with Gasteiger partial charge in [-0.2, -0.15) is 4.98 Å². The zero-order valence-corrected chi connectivity index (χ0v) is 8.29. The molecule has 0 amide bonds. The quantitative estimate of drug-likeness (QED) is 0.733. The predicted octanol–water partition coefficient (Wildman–Crippen LogP) is -0.447. The Labute approximate surface area is 85.7 Å². The van der Waals surface area contributed by atoms with Crippen LogP contribution in [0.15, 0.2) is 10.7 Å². The lowest BCUT2D eigenvalue weighted by Crippen LogP contribution is -2.00. The lowest BCUT2D eigenvalue weighted by atomic mass is 10.3. The molecule has 0 fully saturated rings. The maximum atomic E-state index is 8.70. The van der Waals surface area contributed by atoms with Gasteiger partial charge in [0.05, 0.1) is 5.69 Å². The number of hydrogen-bond acceptors (Lipinski definition) is 6. The molecule has 1 N–H and O–H groups in total. The lowest BCUT2D eigenvalue weighted by Gasteiger charge is -1.91. The third-order valence-electron chi connectivity index (χ3n) is 1.82. The number of hydrogen-bond donors (Lipinski definition) is 1. The van der Waals surface area contributed by atoms with Gasteiger partial charge in [0, 0.05) is 19.2 Å². The Morgan fingerprint density at radius 1 is 1.53 bits per heavy atom. The summed E-state index contributed by atoms with van der Waals surface area (Å²) in [6.07, 6.45) is 2.25. The van der Waals surface area contributed by atoms with Gasteiger partial charge in [-0.1, -0.05) is 10.4 Å². The van der Waals surface area contributed by atoms with E-state index >= 15 is 0 Å². The minimum Gasteiger partial charge on any atom is -0.396 e. The smallest absolute Gasteiger partial charge is 0.248 e. The van der Waals surface area contributed by atoms with Crippen LogP contribution >= 0.6 is 0 Å². The highest BCUT2D eigenvalue weighted by Crippen LogP contribution is 2.00. The molecule has 15 heavy (non-hydrogen) atoms. The first-order chi connectivity index (χ1) is 7.28. The fourth-order valence-electron chi connectivity index (χ4n) is 1.19. The van der Waals surface area contributed by atoms with Gasteiger partial charge < -0.3 is 9.63 Å². The predicted molar refractivity (Wildman–Crippen MR) is 48.9 cm³/mol. The monoisotopic (exact) mass is 209 g/mol. The Kier molecular flexibility index (Phi) is 2.72. The molecule has 0 aromatic carbocycles. The second-order valence-electron chi connectivity index (χ2n) is 3.12. The normalized spacial score (nSPS) is 10.8. The minimum atomic E-state index is 0.0678. The molecular formula is C8H11N5O2. The van der Waals surface area contributed by atoms with Crippen molar-refractivity contribution in [2.45, 2.75) is 19.9 Å². The Hall–Kier alpha value is -1.76. The van der Waals surface area contributed by atoms with Crippen molar-refractivity contribution in [3.05, 3.63) is 23.6 Å². The van der Waals surface area contributed by atoms with E-state index in [1.165, 1.54) is 0 Å². The molecule has 0 radical (unpaired) electrons. The van der Waals surface area contributed by atoms with E-state index < -0.39 is 0 Å². The van der Waals surface area contributed by atoms with Crippen LogP contribution in [-0.4, -0.2) is 36.8 Å². The lowest BCUT2D eigenvalue weighted by molar-refractivity contribution is 0.298. The molecule has 0 bridgehead atoms. The van der Waals surface area contributed by atoms with Gasteiger partial charge >= 0.3 is 0 Å². The largest absolute Gasteiger partial charge is 0.396 e. The number of aliphatic hydroxyl groups is 1. The maximum Gasteiger partial charge on any atom is 0.248 e. The molecule has 0 saturated heterocycles. The van der Waals surface area contributed by atoms with Crippen LogP contribution in [-0.2, 0) is 13.0 Å². The minimum absolute atomic E-state index is 0.0678. The summed E-state index contributed by atoms with van der Waals surface area (Å²) in [6, 6.07) is 0. The molecule has 2 aromatic heterocycles. The molecule has 2 rings (SSSR count). The van der Waals surface area contributed by atoms with Crippen LogP contribution in [0.5, 0.6) is 0 Å². The van der Waals surface area contributed by atoms with E-state index in [0.717, 1.165) is 5.69 Å². The Bertz CT molecular complexity index is 436. The summed E-state index contributed by atoms with van der Waals surface area (Å²) in [5.74, 6) is 1.09. The number of nitrogens with zero attached hydrogens (tertiary/aromatic N) is 5. The third-order valence-corrected chi connectivity index (χ3v) is 1.82. The molecule has 0 saturated carbocycles. The molecular weight excluding hydrogens is 198 g/mol. The highest BCUT2D eigenvalue weighted by Gasteiger charge is 2.05. The summed E-state index contributed by atoms with van der Waals surface area (Å²) < 4.78 is 6.53. The van der Waals surface area contributed by atoms with Crippen molar-refractivity contribution >= 4 is 0 Å². The van der Waals surface area contributed by atoms with Gasteiger partial charge in [0.2, 0.25) is 5.89 Å². The summed E-state index contributed by atoms with van der Waals surface area (Å²) in [5, 5.41) is 20.1. The number of rotatable bonds is 4. The highest BCUT2D eigenvalue weighted by molar-refractivity contribution is 4.94. The first kappa shape index (κ1) is 9.78. The summed E-state index contributed by atoms with van der Waals surface area (Å²) in [5.41, 5.74) is 0.744. The zero-order valence-electron chi connectivity index (χ0n) is 8.29. The second kappa shape index (κ2) is 4.18. The zero-order chi connectivity index (χ0) is 10.7. The summed E-state index contributed by atoms with van der Waals surface area (Å²) in [6.45, 7) is 2.23. The van der Waals surface area contributed by atoms with E-state index in [1.807, 2.05) is 0 Å². The van der Waals surface area contributed by atoms with E-state index in [9.17, 15) is 0 Å². The van der Waals surface area contributed by atoms with Crippen molar-refractivity contribution in [1.82, 2.24) is 25.1 Å². The van der Waals surface area contributed by atoms with E-state index in [0.29, 0.717) is 24.7 Å². The second-order valence-corrected chi connectivity index (χ2v) is 3.12. The van der Waals surface area contributed by atoms with E-state index in [-0.39, 0.29) is 6.61 Å². The van der Waals surface area contributed by atoms with Gasteiger partial charge in [-0.25, -0.2) is 4.68 Å². The standard InChI is InChI=1S/C8H11N5O2/c1-6-9-8(15-11-6)5-13-4-7(2-3-14)10-12-13/h4,14H,2-3,5H2,1H3. The SMILES string of the molecule is Cc1noc(Cn2cc(CCO)nn2)n1. The molecule has 7 heteroatoms. The molecule has 0 spiro atoms. The fourth-order valence-corrected chi connectivity index (χ4v) is 1.19. The van der Waals surface area contributed by atoms with E-state index in [4.69, 9.17) is 9.63 Å². The molecule has 0 aliphatic rings. The van der Waals surface area contributed by atoms with Crippen molar-refractivity contribution in [3.8, 4) is 0 Å². The van der Waals surface area contributed by atoms with Crippen molar-refractivity contribution in [3.63, 3.8) is 0 Å². The fraction of sp³-hybridized carbons (Fsp3) is 0.500. The maximum absolute atomic E-state index is 8.70. The molecule has 0 aliphatic heterocycles. The average Bonchev–Trinajstić information content (AvgIpc) is 2.78. The summed E-state index contributed by atoms with van der Waals surface area (Å²) >= 11 is 0. The van der Waals surface area contributed by atoms with E-state index in [1.54, 1.807) is 17.8 Å². The highest BCUT2D eigenvalue weighted by atomic mass is 16.5. The summed E-state index contributed by atoms with van der Waals surface area (Å²) in [4.78, 5) is 4.05. The van der Waals surface area contributed by atoms with E-state index in [2.05, 4.69) is 20.5 Å². The van der Waals surface area contributed by atoms with Crippen LogP contribution < -0.4 is 0 Å². The van der Waals surface area contributed by atoms with Crippen LogP contribution in [0.3, 0.4) is 0 Å². The van der Waals surface area contributed by atoms with Gasteiger partial charge in [-0.3, -0.25) is 0 Å². The van der Waals surface area contributed by atoms with Crippen molar-refractivity contribution < 1.29 is 9.63 Å². The van der Waals surface area contributed by atoms with Crippen LogP contribution in [0.2, 0.25) is 0 Å². The van der Waals surface area contributed by atoms with Crippen molar-refractivity contribution in [2.24, 2.45) is 0 Å². The van der Waals surface area contributed by atoms with Gasteiger partial charge in [-0.05, 0) is 6.92 Å². The van der Waals surface area contributed by atoms with Crippen molar-refractivity contribution in [2.75, 3.05) is 6.61 Å². The number of aryl methyl sites for hydroxylation is 1. The van der Waals surface area contributed by atoms with Crippen LogP contribution in [0, 0.1) is 6.92 Å². The van der Waals surface area contributed by atoms with Gasteiger partial charge in [0.15, 0.2) is 5.82 Å². The van der Waals surface area contributed by atoms with Crippen LogP contribution in [0.4, 0.5) is 0 Å². The molecule has 80 valence electrons. The van der Waals surface area contributed by atoms with Crippen LogP contribution in [0.25, 0.3) is 0 Å². The summed E-state index contributed by atoms with van der Waals surface area (Å²) in [7, 11) is 0.